The molecule has 2 heteroatoms. The third kappa shape index (κ3) is 0.556. The Balaban J connectivity index is 1.82. The van der Waals surface area contributed by atoms with Crippen LogP contribution in [-0.4, -0.2) is 17.0 Å². The quantitative estimate of drug-likeness (QED) is 0.631. The molecule has 5 saturated carbocycles. The smallest absolute Gasteiger partial charge is 0.140 e. The number of fused-ring (bicyclic) bond motifs is 1. The first-order chi connectivity index (χ1) is 6.70. The first-order valence-corrected chi connectivity index (χ1v) is 5.91. The van der Waals surface area contributed by atoms with Gasteiger partial charge in [0.1, 0.15) is 5.78 Å². The lowest BCUT2D eigenvalue weighted by atomic mass is 9.65. The van der Waals surface area contributed by atoms with Gasteiger partial charge >= 0.3 is 0 Å². The van der Waals surface area contributed by atoms with Gasteiger partial charge in [-0.25, -0.2) is 0 Å². The maximum absolute atomic E-state index is 12.0. The second-order valence-electron chi connectivity index (χ2n) is 5.98. The Morgan fingerprint density at radius 1 is 1.14 bits per heavy atom. The second kappa shape index (κ2) is 1.95. The molecule has 5 aliphatic rings. The number of carbonyl (C=O) groups is 1. The molecule has 0 amide bonds. The van der Waals surface area contributed by atoms with Gasteiger partial charge in [-0.2, -0.15) is 0 Å². The largest absolute Gasteiger partial charge is 0.393 e. The van der Waals surface area contributed by atoms with E-state index in [1.165, 1.54) is 12.8 Å². The van der Waals surface area contributed by atoms with Crippen LogP contribution in [0.3, 0.4) is 0 Å². The lowest BCUT2D eigenvalue weighted by Crippen LogP contribution is -2.36. The lowest BCUT2D eigenvalue weighted by Gasteiger charge is -2.39. The molecule has 0 heterocycles. The van der Waals surface area contributed by atoms with Gasteiger partial charge in [0.2, 0.25) is 0 Å². The minimum atomic E-state index is -0.115. The van der Waals surface area contributed by atoms with Gasteiger partial charge in [0.05, 0.1) is 6.10 Å². The molecule has 2 nitrogen and oxygen atoms in total. The van der Waals surface area contributed by atoms with Crippen molar-refractivity contribution in [2.45, 2.75) is 44.6 Å². The minimum absolute atomic E-state index is 0.115. The normalized spacial score (nSPS) is 63.8. The van der Waals surface area contributed by atoms with Gasteiger partial charge in [0, 0.05) is 11.8 Å². The van der Waals surface area contributed by atoms with E-state index in [-0.39, 0.29) is 11.5 Å². The SMILES string of the molecule is O=C1C2CCC34CC(O)CCC3(C2)C14. The van der Waals surface area contributed by atoms with Crippen molar-refractivity contribution in [2.75, 3.05) is 0 Å². The van der Waals surface area contributed by atoms with Crippen LogP contribution in [-0.2, 0) is 4.79 Å². The number of rotatable bonds is 0. The zero-order chi connectivity index (χ0) is 9.55. The first-order valence-electron chi connectivity index (χ1n) is 5.91. The van der Waals surface area contributed by atoms with Gasteiger partial charge in [-0.05, 0) is 49.4 Å². The molecule has 76 valence electrons. The number of aliphatic hydroxyl groups excluding tert-OH is 1. The van der Waals surface area contributed by atoms with E-state index in [0.717, 1.165) is 25.7 Å². The number of carbonyl (C=O) groups excluding carboxylic acids is 1. The van der Waals surface area contributed by atoms with E-state index in [0.29, 0.717) is 23.0 Å². The molecule has 5 unspecified atom stereocenters. The third-order valence-corrected chi connectivity index (χ3v) is 5.77. The van der Waals surface area contributed by atoms with Crippen LogP contribution in [0.2, 0.25) is 0 Å². The molecule has 0 aromatic carbocycles. The molecule has 0 aliphatic heterocycles. The molecular formula is C12H16O2. The maximum Gasteiger partial charge on any atom is 0.140 e. The van der Waals surface area contributed by atoms with Crippen LogP contribution >= 0.6 is 0 Å². The van der Waals surface area contributed by atoms with Crippen LogP contribution in [0, 0.1) is 22.7 Å². The zero-order valence-corrected chi connectivity index (χ0v) is 8.33. The molecule has 14 heavy (non-hydrogen) atoms. The average Bonchev–Trinajstić information content (AvgIpc) is 2.68. The average molecular weight is 192 g/mol. The fraction of sp³-hybridized carbons (Fsp3) is 0.917. The summed E-state index contributed by atoms with van der Waals surface area (Å²) in [4.78, 5) is 12.0. The highest BCUT2D eigenvalue weighted by Crippen LogP contribution is 2.86. The van der Waals surface area contributed by atoms with Crippen molar-refractivity contribution in [3.8, 4) is 0 Å². The summed E-state index contributed by atoms with van der Waals surface area (Å²) in [7, 11) is 0. The number of hydrogen-bond donors (Lipinski definition) is 1. The maximum atomic E-state index is 12.0. The van der Waals surface area contributed by atoms with Crippen molar-refractivity contribution in [1.29, 1.82) is 0 Å². The summed E-state index contributed by atoms with van der Waals surface area (Å²) >= 11 is 0. The van der Waals surface area contributed by atoms with Crippen molar-refractivity contribution >= 4 is 5.78 Å². The van der Waals surface area contributed by atoms with Crippen molar-refractivity contribution in [3.05, 3.63) is 0 Å². The summed E-state index contributed by atoms with van der Waals surface area (Å²) in [5.41, 5.74) is 0.683. The van der Waals surface area contributed by atoms with Crippen LogP contribution < -0.4 is 0 Å². The predicted molar refractivity (Wildman–Crippen MR) is 50.6 cm³/mol. The van der Waals surface area contributed by atoms with E-state index in [9.17, 15) is 9.90 Å². The van der Waals surface area contributed by atoms with E-state index < -0.39 is 0 Å². The Hall–Kier alpha value is -0.370. The summed E-state index contributed by atoms with van der Waals surface area (Å²) in [6.07, 6.45) is 6.39. The van der Waals surface area contributed by atoms with Gasteiger partial charge in [-0.3, -0.25) is 4.79 Å². The molecule has 5 atom stereocenters. The summed E-state index contributed by atoms with van der Waals surface area (Å²) in [5, 5.41) is 9.75. The topological polar surface area (TPSA) is 37.3 Å². The second-order valence-corrected chi connectivity index (χ2v) is 5.98. The van der Waals surface area contributed by atoms with Crippen LogP contribution in [0.1, 0.15) is 38.5 Å². The van der Waals surface area contributed by atoms with E-state index in [1.807, 2.05) is 0 Å². The summed E-state index contributed by atoms with van der Waals surface area (Å²) < 4.78 is 0. The van der Waals surface area contributed by atoms with E-state index in [4.69, 9.17) is 0 Å². The Morgan fingerprint density at radius 2 is 1.86 bits per heavy atom. The van der Waals surface area contributed by atoms with Crippen molar-refractivity contribution < 1.29 is 9.90 Å². The van der Waals surface area contributed by atoms with Crippen molar-refractivity contribution in [1.82, 2.24) is 0 Å². The Morgan fingerprint density at radius 3 is 2.71 bits per heavy atom. The van der Waals surface area contributed by atoms with Crippen LogP contribution in [0.5, 0.6) is 0 Å². The molecule has 0 radical (unpaired) electrons. The number of hydrogen-bond acceptors (Lipinski definition) is 2. The van der Waals surface area contributed by atoms with E-state index in [1.54, 1.807) is 0 Å². The van der Waals surface area contributed by atoms with E-state index >= 15 is 0 Å². The van der Waals surface area contributed by atoms with Crippen LogP contribution in [0.25, 0.3) is 0 Å². The first kappa shape index (κ1) is 7.86. The molecule has 5 fully saturated rings. The zero-order valence-electron chi connectivity index (χ0n) is 8.33. The minimum Gasteiger partial charge on any atom is -0.393 e. The summed E-state index contributed by atoms with van der Waals surface area (Å²) in [6.45, 7) is 0. The number of ketones is 1. The third-order valence-electron chi connectivity index (χ3n) is 5.77. The molecule has 5 rings (SSSR count). The molecule has 0 saturated heterocycles. The number of Topliss-reactive ketones (excluding diaryl/α,β-unsaturated/α-hetero) is 1. The molecule has 4 bridgehead atoms. The van der Waals surface area contributed by atoms with Gasteiger partial charge in [0.25, 0.3) is 0 Å². The highest BCUT2D eigenvalue weighted by Gasteiger charge is 2.84. The molecule has 2 spiro atoms. The molecule has 5 aliphatic carbocycles. The van der Waals surface area contributed by atoms with Crippen molar-refractivity contribution in [3.63, 3.8) is 0 Å². The van der Waals surface area contributed by atoms with Gasteiger partial charge < -0.3 is 5.11 Å². The molecule has 0 aromatic heterocycles. The Labute approximate surface area is 83.7 Å². The van der Waals surface area contributed by atoms with Crippen LogP contribution in [0.15, 0.2) is 0 Å². The van der Waals surface area contributed by atoms with Gasteiger partial charge in [-0.15, -0.1) is 0 Å². The molecule has 0 aromatic rings. The fourth-order valence-corrected chi connectivity index (χ4v) is 5.31. The van der Waals surface area contributed by atoms with Gasteiger partial charge in [0.15, 0.2) is 0 Å². The molecular weight excluding hydrogens is 176 g/mol. The summed E-state index contributed by atoms with van der Waals surface area (Å²) in [6, 6.07) is 0. The van der Waals surface area contributed by atoms with Gasteiger partial charge in [-0.1, -0.05) is 0 Å². The van der Waals surface area contributed by atoms with Crippen molar-refractivity contribution in [2.24, 2.45) is 22.7 Å². The molecule has 1 N–H and O–H groups in total. The number of aliphatic hydroxyl groups is 1. The van der Waals surface area contributed by atoms with Crippen LogP contribution in [0.4, 0.5) is 0 Å². The Kier molecular flexibility index (Phi) is 1.09. The lowest BCUT2D eigenvalue weighted by molar-refractivity contribution is -0.126. The fourth-order valence-electron chi connectivity index (χ4n) is 5.31. The highest BCUT2D eigenvalue weighted by molar-refractivity contribution is 5.93. The monoisotopic (exact) mass is 192 g/mol. The summed E-state index contributed by atoms with van der Waals surface area (Å²) in [5.74, 6) is 1.35. The standard InChI is InChI=1S/C12H16O2/c13-8-2-4-11-5-7-1-3-12(11,6-8)10(11)9(7)14/h7-8,10,13H,1-6H2. The predicted octanol–water partition coefficient (Wildman–Crippen LogP) is 1.52. The highest BCUT2D eigenvalue weighted by atomic mass is 16.3. The van der Waals surface area contributed by atoms with E-state index in [2.05, 4.69) is 0 Å². The Bertz CT molecular complexity index is 337.